The van der Waals surface area contributed by atoms with Crippen LogP contribution < -0.4 is 15.6 Å². The van der Waals surface area contributed by atoms with E-state index in [-0.39, 0.29) is 22.0 Å². The number of nitrogens with one attached hydrogen (secondary N) is 1. The molecule has 0 unspecified atom stereocenters. The Morgan fingerprint density at radius 2 is 2.09 bits per heavy atom. The molecule has 1 aromatic carbocycles. The molecule has 11 heteroatoms. The van der Waals surface area contributed by atoms with Gasteiger partial charge in [0.1, 0.15) is 27.6 Å². The van der Waals surface area contributed by atoms with Crippen molar-refractivity contribution in [1.82, 2.24) is 9.55 Å². The van der Waals surface area contributed by atoms with Gasteiger partial charge in [-0.15, -0.1) is 4.40 Å². The second kappa shape index (κ2) is 9.95. The van der Waals surface area contributed by atoms with E-state index in [1.54, 1.807) is 30.5 Å². The topological polar surface area (TPSA) is 153 Å². The maximum Gasteiger partial charge on any atom is 0.267 e. The molecule has 2 aromatic heterocycles. The number of pyridine rings is 2. The average molecular weight is 498 g/mol. The molecule has 1 aliphatic heterocycles. The van der Waals surface area contributed by atoms with Gasteiger partial charge in [0.05, 0.1) is 23.7 Å². The van der Waals surface area contributed by atoms with Crippen molar-refractivity contribution in [1.29, 1.82) is 5.26 Å². The predicted molar refractivity (Wildman–Crippen MR) is 135 cm³/mol. The van der Waals surface area contributed by atoms with Gasteiger partial charge < -0.3 is 15.2 Å². The molecule has 0 atom stereocenters. The molecule has 0 amide bonds. The average Bonchev–Trinajstić information content (AvgIpc) is 2.81. The van der Waals surface area contributed by atoms with Gasteiger partial charge in [0, 0.05) is 25.2 Å². The lowest BCUT2D eigenvalue weighted by Gasteiger charge is -2.34. The van der Waals surface area contributed by atoms with Crippen LogP contribution in [0.2, 0.25) is 0 Å². The van der Waals surface area contributed by atoms with Crippen molar-refractivity contribution >= 4 is 33.3 Å². The van der Waals surface area contributed by atoms with Crippen LogP contribution in [-0.2, 0) is 6.54 Å². The van der Waals surface area contributed by atoms with Crippen LogP contribution in [0.25, 0.3) is 11.0 Å². The summed E-state index contributed by atoms with van der Waals surface area (Å²) in [7, 11) is -3.70. The molecular weight excluding hydrogens is 470 g/mol. The molecule has 0 saturated carbocycles. The van der Waals surface area contributed by atoms with Gasteiger partial charge in [0.2, 0.25) is 0 Å². The molecule has 3 heterocycles. The van der Waals surface area contributed by atoms with Gasteiger partial charge in [0.25, 0.3) is 5.56 Å². The lowest BCUT2D eigenvalue weighted by Crippen LogP contribution is -2.32. The third-order valence-electron chi connectivity index (χ3n) is 5.58. The number of anilines is 1. The summed E-state index contributed by atoms with van der Waals surface area (Å²) in [5, 5.41) is 23.0. The van der Waals surface area contributed by atoms with Crippen LogP contribution in [-0.4, -0.2) is 36.2 Å². The van der Waals surface area contributed by atoms with Gasteiger partial charge in [-0.05, 0) is 43.0 Å². The van der Waals surface area contributed by atoms with Crippen molar-refractivity contribution < 1.29 is 18.9 Å². The monoisotopic (exact) mass is 497 g/mol. The highest BCUT2D eigenvalue weighted by Crippen LogP contribution is 2.56. The molecule has 0 saturated heterocycles. The summed E-state index contributed by atoms with van der Waals surface area (Å²) in [6.45, 7) is 4.77. The number of unbranched alkanes of at least 4 members (excludes halogenated alkanes) is 1. The van der Waals surface area contributed by atoms with Crippen molar-refractivity contribution in [3.8, 4) is 17.6 Å². The number of aromatic hydroxyl groups is 1. The first-order valence-corrected chi connectivity index (χ1v) is 12.7. The van der Waals surface area contributed by atoms with Gasteiger partial charge in [0.15, 0.2) is 5.84 Å². The Morgan fingerprint density at radius 1 is 1.29 bits per heavy atom. The SMILES string of the molecule is CC(C)CCn1c(=O)c(C2=NS(O)(O)c3cc(OCCCC#N)ccc3N2)c(O)c2cccnc21. The second-order valence-corrected chi connectivity index (χ2v) is 10.2. The fourth-order valence-corrected chi connectivity index (χ4v) is 4.95. The highest BCUT2D eigenvalue weighted by molar-refractivity contribution is 8.23. The molecule has 35 heavy (non-hydrogen) atoms. The molecule has 4 rings (SSSR count). The first kappa shape index (κ1) is 24.5. The maximum absolute atomic E-state index is 13.5. The first-order valence-electron chi connectivity index (χ1n) is 11.2. The summed E-state index contributed by atoms with van der Waals surface area (Å²) in [4.78, 5) is 17.9. The number of nitriles is 1. The van der Waals surface area contributed by atoms with Gasteiger partial charge in [-0.25, -0.2) is 4.98 Å². The minimum Gasteiger partial charge on any atom is -0.506 e. The van der Waals surface area contributed by atoms with Crippen molar-refractivity contribution in [3.63, 3.8) is 0 Å². The number of fused-ring (bicyclic) bond motifs is 2. The van der Waals surface area contributed by atoms with Crippen LogP contribution >= 0.6 is 10.8 Å². The molecule has 0 spiro atoms. The smallest absolute Gasteiger partial charge is 0.267 e. The van der Waals surface area contributed by atoms with E-state index in [4.69, 9.17) is 10.00 Å². The number of hydrogen-bond acceptors (Lipinski definition) is 9. The van der Waals surface area contributed by atoms with Crippen molar-refractivity contribution in [2.45, 2.75) is 44.6 Å². The standard InChI is InChI=1S/C24H27N5O5S/c1-15(2)9-12-29-23-17(6-5-11-26-23)21(30)20(24(29)31)22-27-18-8-7-16(34-13-4-3-10-25)14-19(18)35(32,33)28-22/h5-8,11,14-15,30,32-33H,3-4,9,12-13H2,1-2H3,(H,27,28). The third-order valence-corrected chi connectivity index (χ3v) is 6.95. The zero-order valence-corrected chi connectivity index (χ0v) is 20.2. The quantitative estimate of drug-likeness (QED) is 0.326. The number of rotatable bonds is 8. The Bertz CT molecular complexity index is 1390. The van der Waals surface area contributed by atoms with Gasteiger partial charge >= 0.3 is 0 Å². The number of hydrogen-bond donors (Lipinski definition) is 4. The lowest BCUT2D eigenvalue weighted by atomic mass is 10.1. The minimum atomic E-state index is -3.70. The Morgan fingerprint density at radius 3 is 2.83 bits per heavy atom. The Labute approximate surface area is 204 Å². The second-order valence-electron chi connectivity index (χ2n) is 8.59. The molecule has 0 radical (unpaired) electrons. The van der Waals surface area contributed by atoms with Crippen LogP contribution in [0, 0.1) is 17.2 Å². The molecule has 184 valence electrons. The fourth-order valence-electron chi connectivity index (χ4n) is 3.77. The van der Waals surface area contributed by atoms with E-state index in [1.165, 1.54) is 10.6 Å². The Balaban J connectivity index is 1.77. The first-order chi connectivity index (χ1) is 16.7. The van der Waals surface area contributed by atoms with Crippen molar-refractivity contribution in [2.75, 3.05) is 11.9 Å². The number of nitrogens with zero attached hydrogens (tertiary/aromatic N) is 4. The van der Waals surface area contributed by atoms with E-state index < -0.39 is 16.3 Å². The summed E-state index contributed by atoms with van der Waals surface area (Å²) in [6.07, 6.45) is 3.17. The number of amidine groups is 1. The molecule has 4 N–H and O–H groups in total. The van der Waals surface area contributed by atoms with E-state index in [0.29, 0.717) is 60.8 Å². The molecule has 1 aliphatic rings. The minimum absolute atomic E-state index is 0.112. The Hall–Kier alpha value is -3.59. The van der Waals surface area contributed by atoms with Crippen LogP contribution in [0.3, 0.4) is 0 Å². The van der Waals surface area contributed by atoms with Crippen LogP contribution in [0.15, 0.2) is 50.6 Å². The summed E-state index contributed by atoms with van der Waals surface area (Å²) in [5.74, 6) is 0.268. The molecule has 0 bridgehead atoms. The summed E-state index contributed by atoms with van der Waals surface area (Å²) < 4.78 is 32.8. The zero-order valence-electron chi connectivity index (χ0n) is 19.4. The van der Waals surface area contributed by atoms with E-state index in [9.17, 15) is 19.0 Å². The number of aromatic nitrogens is 2. The number of benzene rings is 1. The normalized spacial score (nSPS) is 15.1. The number of ether oxygens (including phenoxy) is 1. The predicted octanol–water partition coefficient (Wildman–Crippen LogP) is 4.73. The zero-order chi connectivity index (χ0) is 25.2. The lowest BCUT2D eigenvalue weighted by molar-refractivity contribution is 0.312. The van der Waals surface area contributed by atoms with E-state index in [0.717, 1.165) is 0 Å². The Kier molecular flexibility index (Phi) is 6.98. The molecule has 10 nitrogen and oxygen atoms in total. The van der Waals surface area contributed by atoms with Gasteiger partial charge in [-0.2, -0.15) is 5.26 Å². The summed E-state index contributed by atoms with van der Waals surface area (Å²) >= 11 is 0. The number of aryl methyl sites for hydroxylation is 1. The van der Waals surface area contributed by atoms with Gasteiger partial charge in [-0.1, -0.05) is 24.6 Å². The molecule has 0 aliphatic carbocycles. The molecule has 3 aromatic rings. The van der Waals surface area contributed by atoms with Gasteiger partial charge in [-0.3, -0.25) is 18.5 Å². The highest BCUT2D eigenvalue weighted by Gasteiger charge is 2.31. The van der Waals surface area contributed by atoms with E-state index >= 15 is 0 Å². The molecular formula is C24H27N5O5S. The summed E-state index contributed by atoms with van der Waals surface area (Å²) in [5.41, 5.74) is -0.00685. The third kappa shape index (κ3) is 4.95. The summed E-state index contributed by atoms with van der Waals surface area (Å²) in [6, 6.07) is 10.0. The van der Waals surface area contributed by atoms with Crippen LogP contribution in [0.4, 0.5) is 5.69 Å². The molecule has 0 fully saturated rings. The van der Waals surface area contributed by atoms with E-state index in [2.05, 4.69) is 14.7 Å². The maximum atomic E-state index is 13.5. The van der Waals surface area contributed by atoms with Crippen molar-refractivity contribution in [2.24, 2.45) is 10.3 Å². The van der Waals surface area contributed by atoms with E-state index in [1.807, 2.05) is 19.9 Å². The van der Waals surface area contributed by atoms with Crippen molar-refractivity contribution in [3.05, 3.63) is 52.4 Å². The van der Waals surface area contributed by atoms with Crippen LogP contribution in [0.5, 0.6) is 11.5 Å². The fraction of sp³-hybridized carbons (Fsp3) is 0.333. The highest BCUT2D eigenvalue weighted by atomic mass is 32.3. The largest absolute Gasteiger partial charge is 0.506 e. The van der Waals surface area contributed by atoms with Crippen LogP contribution in [0.1, 0.15) is 38.7 Å².